The van der Waals surface area contributed by atoms with E-state index in [4.69, 9.17) is 4.74 Å². The first-order valence-corrected chi connectivity index (χ1v) is 9.27. The second kappa shape index (κ2) is 6.90. The van der Waals surface area contributed by atoms with Crippen LogP contribution >= 0.6 is 0 Å². The molecule has 25 heavy (non-hydrogen) atoms. The van der Waals surface area contributed by atoms with Crippen LogP contribution in [0.1, 0.15) is 37.2 Å². The summed E-state index contributed by atoms with van der Waals surface area (Å²) >= 11 is 0. The summed E-state index contributed by atoms with van der Waals surface area (Å²) in [5.41, 5.74) is 1.14. The fourth-order valence-corrected chi connectivity index (χ4v) is 4.08. The van der Waals surface area contributed by atoms with Crippen molar-refractivity contribution in [1.29, 1.82) is 0 Å². The van der Waals surface area contributed by atoms with Gasteiger partial charge in [0.15, 0.2) is 0 Å². The first-order valence-electron chi connectivity index (χ1n) is 9.27. The highest BCUT2D eigenvalue weighted by Crippen LogP contribution is 2.30. The molecule has 0 radical (unpaired) electrons. The number of para-hydroxylation sites is 1. The molecule has 5 nitrogen and oxygen atoms in total. The number of hydrogen-bond acceptors (Lipinski definition) is 3. The molecule has 2 aromatic rings. The standard InChI is InChI=1S/C20H25N3O2/c1-2-19-21-9-11-23(19)17-7-5-10-22(13-17)20(24)16-12-15-6-3-4-8-18(15)25-14-16/h3-4,6,8-9,11,16-17H,2,5,7,10,12-14H2,1H3/t16-,17+/m1/s1. The number of ether oxygens (including phenoxy) is 1. The largest absolute Gasteiger partial charge is 0.492 e. The average molecular weight is 339 g/mol. The van der Waals surface area contributed by atoms with Gasteiger partial charge in [-0.1, -0.05) is 25.1 Å². The summed E-state index contributed by atoms with van der Waals surface area (Å²) < 4.78 is 8.08. The number of likely N-dealkylation sites (tertiary alicyclic amines) is 1. The van der Waals surface area contributed by atoms with Crippen molar-refractivity contribution in [3.05, 3.63) is 48.0 Å². The molecule has 0 unspecified atom stereocenters. The van der Waals surface area contributed by atoms with Gasteiger partial charge in [0.1, 0.15) is 18.2 Å². The third-order valence-corrected chi connectivity index (χ3v) is 5.39. The van der Waals surface area contributed by atoms with Crippen molar-refractivity contribution in [1.82, 2.24) is 14.5 Å². The summed E-state index contributed by atoms with van der Waals surface area (Å²) in [5, 5.41) is 0. The molecule has 4 rings (SSSR count). The Morgan fingerprint density at radius 2 is 2.24 bits per heavy atom. The van der Waals surface area contributed by atoms with E-state index in [-0.39, 0.29) is 11.8 Å². The maximum atomic E-state index is 13.1. The predicted molar refractivity (Wildman–Crippen MR) is 95.6 cm³/mol. The Morgan fingerprint density at radius 1 is 1.36 bits per heavy atom. The molecule has 0 aliphatic carbocycles. The third-order valence-electron chi connectivity index (χ3n) is 5.39. The maximum absolute atomic E-state index is 13.1. The van der Waals surface area contributed by atoms with E-state index in [9.17, 15) is 4.79 Å². The molecule has 1 fully saturated rings. The van der Waals surface area contributed by atoms with Gasteiger partial charge in [-0.25, -0.2) is 4.98 Å². The van der Waals surface area contributed by atoms with Crippen LogP contribution in [0.25, 0.3) is 0 Å². The lowest BCUT2D eigenvalue weighted by Crippen LogP contribution is -2.46. The highest BCUT2D eigenvalue weighted by atomic mass is 16.5. The van der Waals surface area contributed by atoms with Crippen LogP contribution in [-0.2, 0) is 17.6 Å². The van der Waals surface area contributed by atoms with E-state index < -0.39 is 0 Å². The Bertz CT molecular complexity index is 755. The molecule has 1 saturated heterocycles. The number of rotatable bonds is 3. The Balaban J connectivity index is 1.46. The molecule has 5 heteroatoms. The Morgan fingerprint density at radius 3 is 3.12 bits per heavy atom. The maximum Gasteiger partial charge on any atom is 0.229 e. The fourth-order valence-electron chi connectivity index (χ4n) is 4.08. The number of carbonyl (C=O) groups excluding carboxylic acids is 1. The molecule has 0 saturated carbocycles. The van der Waals surface area contributed by atoms with Crippen LogP contribution in [-0.4, -0.2) is 40.1 Å². The average Bonchev–Trinajstić information content (AvgIpc) is 3.16. The highest BCUT2D eigenvalue weighted by molar-refractivity contribution is 5.80. The third kappa shape index (κ3) is 3.15. The first-order chi connectivity index (χ1) is 12.3. The predicted octanol–water partition coefficient (Wildman–Crippen LogP) is 2.86. The molecule has 132 valence electrons. The number of amides is 1. The van der Waals surface area contributed by atoms with Gasteiger partial charge in [-0.15, -0.1) is 0 Å². The van der Waals surface area contributed by atoms with Gasteiger partial charge in [-0.3, -0.25) is 4.79 Å². The molecule has 0 N–H and O–H groups in total. The minimum atomic E-state index is -0.0675. The van der Waals surface area contributed by atoms with E-state index in [0.29, 0.717) is 12.6 Å². The van der Waals surface area contributed by atoms with E-state index in [1.54, 1.807) is 0 Å². The summed E-state index contributed by atoms with van der Waals surface area (Å²) in [4.78, 5) is 19.5. The van der Waals surface area contributed by atoms with Crippen molar-refractivity contribution in [2.75, 3.05) is 19.7 Å². The Labute approximate surface area is 148 Å². The van der Waals surface area contributed by atoms with E-state index in [0.717, 1.165) is 55.9 Å². The minimum absolute atomic E-state index is 0.0675. The minimum Gasteiger partial charge on any atom is -0.492 e. The monoisotopic (exact) mass is 339 g/mol. The zero-order valence-corrected chi connectivity index (χ0v) is 14.7. The molecule has 2 atom stereocenters. The van der Waals surface area contributed by atoms with Gasteiger partial charge in [0.2, 0.25) is 5.91 Å². The second-order valence-corrected chi connectivity index (χ2v) is 7.00. The lowest BCUT2D eigenvalue weighted by Gasteiger charge is -2.37. The lowest BCUT2D eigenvalue weighted by atomic mass is 9.94. The number of imidazole rings is 1. The molecule has 3 heterocycles. The van der Waals surface area contributed by atoms with Crippen LogP contribution in [0.15, 0.2) is 36.7 Å². The summed E-state index contributed by atoms with van der Waals surface area (Å²) in [7, 11) is 0. The fraction of sp³-hybridized carbons (Fsp3) is 0.500. The van der Waals surface area contributed by atoms with E-state index in [1.165, 1.54) is 0 Å². The van der Waals surface area contributed by atoms with Crippen molar-refractivity contribution in [2.24, 2.45) is 5.92 Å². The van der Waals surface area contributed by atoms with Crippen molar-refractivity contribution < 1.29 is 9.53 Å². The number of benzene rings is 1. The molecule has 1 aromatic carbocycles. The number of aryl methyl sites for hydroxylation is 1. The van der Waals surface area contributed by atoms with Crippen LogP contribution in [0.5, 0.6) is 5.75 Å². The quantitative estimate of drug-likeness (QED) is 0.864. The molecule has 2 aliphatic heterocycles. The number of piperidine rings is 1. The van der Waals surface area contributed by atoms with E-state index in [2.05, 4.69) is 28.7 Å². The topological polar surface area (TPSA) is 47.4 Å². The van der Waals surface area contributed by atoms with Crippen LogP contribution in [0.4, 0.5) is 0 Å². The highest BCUT2D eigenvalue weighted by Gasteiger charge is 2.32. The second-order valence-electron chi connectivity index (χ2n) is 7.00. The van der Waals surface area contributed by atoms with Crippen molar-refractivity contribution >= 4 is 5.91 Å². The van der Waals surface area contributed by atoms with Crippen molar-refractivity contribution in [2.45, 2.75) is 38.6 Å². The summed E-state index contributed by atoms with van der Waals surface area (Å²) in [6.45, 7) is 4.24. The van der Waals surface area contributed by atoms with Crippen LogP contribution < -0.4 is 4.74 Å². The van der Waals surface area contributed by atoms with Crippen molar-refractivity contribution in [3.63, 3.8) is 0 Å². The van der Waals surface area contributed by atoms with Gasteiger partial charge in [-0.2, -0.15) is 0 Å². The summed E-state index contributed by atoms with van der Waals surface area (Å²) in [5.74, 6) is 2.20. The van der Waals surface area contributed by atoms with Gasteiger partial charge >= 0.3 is 0 Å². The van der Waals surface area contributed by atoms with Crippen LogP contribution in [0, 0.1) is 5.92 Å². The molecular formula is C20H25N3O2. The van der Waals surface area contributed by atoms with Gasteiger partial charge in [-0.05, 0) is 30.9 Å². The molecule has 2 aliphatic rings. The summed E-state index contributed by atoms with van der Waals surface area (Å²) in [6.07, 6.45) is 7.77. The van der Waals surface area contributed by atoms with E-state index >= 15 is 0 Å². The molecule has 0 bridgehead atoms. The zero-order valence-electron chi connectivity index (χ0n) is 14.7. The van der Waals surface area contributed by atoms with Gasteiger partial charge in [0.25, 0.3) is 0 Å². The van der Waals surface area contributed by atoms with Gasteiger partial charge < -0.3 is 14.2 Å². The van der Waals surface area contributed by atoms with E-state index in [1.807, 2.05) is 29.3 Å². The SMILES string of the molecule is CCc1nccn1[C@H]1CCCN(C(=O)[C@H]2COc3ccccc3C2)C1. The van der Waals surface area contributed by atoms with Crippen LogP contribution in [0.3, 0.4) is 0 Å². The molecular weight excluding hydrogens is 314 g/mol. The number of hydrogen-bond donors (Lipinski definition) is 0. The molecule has 0 spiro atoms. The number of carbonyl (C=O) groups is 1. The Kier molecular flexibility index (Phi) is 4.47. The Hall–Kier alpha value is -2.30. The molecule has 1 amide bonds. The zero-order chi connectivity index (χ0) is 17.2. The lowest BCUT2D eigenvalue weighted by molar-refractivity contribution is -0.138. The smallest absolute Gasteiger partial charge is 0.229 e. The number of nitrogens with zero attached hydrogens (tertiary/aromatic N) is 3. The van der Waals surface area contributed by atoms with Crippen LogP contribution in [0.2, 0.25) is 0 Å². The van der Waals surface area contributed by atoms with Gasteiger partial charge in [0, 0.05) is 31.9 Å². The van der Waals surface area contributed by atoms with Gasteiger partial charge in [0.05, 0.1) is 12.0 Å². The number of fused-ring (bicyclic) bond motifs is 1. The number of aromatic nitrogens is 2. The normalized spacial score (nSPS) is 23.0. The molecule has 1 aromatic heterocycles. The first kappa shape index (κ1) is 16.2. The van der Waals surface area contributed by atoms with Crippen molar-refractivity contribution in [3.8, 4) is 5.75 Å². The summed E-state index contributed by atoms with van der Waals surface area (Å²) in [6, 6.07) is 8.38.